The second-order valence-corrected chi connectivity index (χ2v) is 8.92. The summed E-state index contributed by atoms with van der Waals surface area (Å²) in [6.45, 7) is 4.77. The fourth-order valence-electron chi connectivity index (χ4n) is 4.45. The van der Waals surface area contributed by atoms with Gasteiger partial charge in [0.1, 0.15) is 17.1 Å². The monoisotopic (exact) mass is 478 g/mol. The van der Waals surface area contributed by atoms with E-state index in [1.54, 1.807) is 6.07 Å². The number of hydrogen-bond acceptors (Lipinski definition) is 6. The average Bonchev–Trinajstić information content (AvgIpc) is 3.20. The first-order valence-electron chi connectivity index (χ1n) is 11.8. The molecule has 0 unspecified atom stereocenters. The van der Waals surface area contributed by atoms with Gasteiger partial charge in [-0.25, -0.2) is 4.79 Å². The molecule has 4 rings (SSSR count). The van der Waals surface area contributed by atoms with E-state index in [1.165, 1.54) is 5.56 Å². The van der Waals surface area contributed by atoms with Gasteiger partial charge in [-0.2, -0.15) is 0 Å². The second-order valence-electron chi connectivity index (χ2n) is 8.92. The molecule has 0 radical (unpaired) electrons. The average molecular weight is 479 g/mol. The van der Waals surface area contributed by atoms with Crippen LogP contribution in [0, 0.1) is 20.8 Å². The molecule has 1 aromatic heterocycles. The van der Waals surface area contributed by atoms with Gasteiger partial charge in [0.05, 0.1) is 6.54 Å². The predicted molar refractivity (Wildman–Crippen MR) is 132 cm³/mol. The zero-order valence-corrected chi connectivity index (χ0v) is 20.3. The van der Waals surface area contributed by atoms with E-state index in [0.717, 1.165) is 64.8 Å². The SMILES string of the molecule is Cc1cc(C)c(NC(=O)CNC(=O)COC(=O)COc2ccc3oc4c(c3c2)CCCC4)c(C)c1. The summed E-state index contributed by atoms with van der Waals surface area (Å²) in [5.74, 6) is -0.0416. The quantitative estimate of drug-likeness (QED) is 0.476. The Morgan fingerprint density at radius 1 is 0.943 bits per heavy atom. The molecule has 8 nitrogen and oxygen atoms in total. The van der Waals surface area contributed by atoms with Crippen molar-refractivity contribution in [1.82, 2.24) is 5.32 Å². The van der Waals surface area contributed by atoms with Crippen molar-refractivity contribution in [3.8, 4) is 5.75 Å². The van der Waals surface area contributed by atoms with E-state index in [-0.39, 0.29) is 19.1 Å². The lowest BCUT2D eigenvalue weighted by Crippen LogP contribution is -2.36. The molecule has 35 heavy (non-hydrogen) atoms. The maximum absolute atomic E-state index is 12.2. The summed E-state index contributed by atoms with van der Waals surface area (Å²) in [7, 11) is 0. The lowest BCUT2D eigenvalue weighted by molar-refractivity contribution is -0.150. The van der Waals surface area contributed by atoms with Crippen LogP contribution in [0.15, 0.2) is 34.7 Å². The fraction of sp³-hybridized carbons (Fsp3) is 0.370. The lowest BCUT2D eigenvalue weighted by atomic mass is 9.96. The van der Waals surface area contributed by atoms with Crippen LogP contribution in [-0.2, 0) is 32.0 Å². The Labute approximate surface area is 204 Å². The lowest BCUT2D eigenvalue weighted by Gasteiger charge is -2.13. The Morgan fingerprint density at radius 3 is 2.46 bits per heavy atom. The molecule has 184 valence electrons. The van der Waals surface area contributed by atoms with E-state index < -0.39 is 18.5 Å². The third-order valence-electron chi connectivity index (χ3n) is 6.04. The third kappa shape index (κ3) is 6.01. The van der Waals surface area contributed by atoms with Crippen LogP contribution in [0.3, 0.4) is 0 Å². The van der Waals surface area contributed by atoms with E-state index >= 15 is 0 Å². The minimum atomic E-state index is -0.676. The highest BCUT2D eigenvalue weighted by Crippen LogP contribution is 2.33. The molecule has 0 aliphatic heterocycles. The summed E-state index contributed by atoms with van der Waals surface area (Å²) in [5, 5.41) is 6.27. The molecule has 0 fully saturated rings. The number of amides is 2. The van der Waals surface area contributed by atoms with Crippen molar-refractivity contribution in [2.75, 3.05) is 25.1 Å². The van der Waals surface area contributed by atoms with Crippen LogP contribution in [-0.4, -0.2) is 37.5 Å². The van der Waals surface area contributed by atoms with Crippen LogP contribution in [0.5, 0.6) is 5.75 Å². The summed E-state index contributed by atoms with van der Waals surface area (Å²) in [6.07, 6.45) is 4.19. The maximum atomic E-state index is 12.2. The number of benzene rings is 2. The summed E-state index contributed by atoms with van der Waals surface area (Å²) >= 11 is 0. The number of esters is 1. The first kappa shape index (κ1) is 24.3. The highest BCUT2D eigenvalue weighted by Gasteiger charge is 2.18. The Hall–Kier alpha value is -3.81. The Bertz CT molecular complexity index is 1250. The van der Waals surface area contributed by atoms with Gasteiger partial charge in [-0.05, 0) is 69.4 Å². The molecular formula is C27H30N2O6. The molecule has 8 heteroatoms. The van der Waals surface area contributed by atoms with Crippen LogP contribution < -0.4 is 15.4 Å². The highest BCUT2D eigenvalue weighted by molar-refractivity contribution is 5.96. The van der Waals surface area contributed by atoms with Gasteiger partial charge in [0.15, 0.2) is 13.2 Å². The van der Waals surface area contributed by atoms with Gasteiger partial charge in [0.2, 0.25) is 5.91 Å². The third-order valence-corrected chi connectivity index (χ3v) is 6.04. The van der Waals surface area contributed by atoms with Crippen molar-refractivity contribution in [3.63, 3.8) is 0 Å². The highest BCUT2D eigenvalue weighted by atomic mass is 16.6. The van der Waals surface area contributed by atoms with E-state index in [9.17, 15) is 14.4 Å². The molecule has 0 saturated carbocycles. The minimum Gasteiger partial charge on any atom is -0.482 e. The molecule has 1 aliphatic carbocycles. The number of carbonyl (C=O) groups excluding carboxylic acids is 3. The van der Waals surface area contributed by atoms with Crippen LogP contribution in [0.4, 0.5) is 5.69 Å². The molecule has 2 aromatic carbocycles. The summed E-state index contributed by atoms with van der Waals surface area (Å²) in [6, 6.07) is 9.41. The number of furan rings is 1. The first-order chi connectivity index (χ1) is 16.8. The van der Waals surface area contributed by atoms with Crippen molar-refractivity contribution >= 4 is 34.4 Å². The molecule has 1 heterocycles. The topological polar surface area (TPSA) is 107 Å². The Balaban J connectivity index is 1.20. The Kier molecular flexibility index (Phi) is 7.39. The molecule has 0 saturated heterocycles. The van der Waals surface area contributed by atoms with Crippen LogP contribution in [0.2, 0.25) is 0 Å². The number of anilines is 1. The summed E-state index contributed by atoms with van der Waals surface area (Å²) in [5.41, 5.74) is 5.77. The van der Waals surface area contributed by atoms with Gasteiger partial charge in [0.25, 0.3) is 5.91 Å². The van der Waals surface area contributed by atoms with Gasteiger partial charge >= 0.3 is 5.97 Å². The van der Waals surface area contributed by atoms with Crippen LogP contribution >= 0.6 is 0 Å². The van der Waals surface area contributed by atoms with Gasteiger partial charge in [-0.15, -0.1) is 0 Å². The molecule has 3 aromatic rings. The molecule has 2 amide bonds. The van der Waals surface area contributed by atoms with Crippen molar-refractivity contribution in [2.24, 2.45) is 0 Å². The Morgan fingerprint density at radius 2 is 1.69 bits per heavy atom. The molecule has 0 bridgehead atoms. The number of aryl methyl sites for hydroxylation is 5. The molecule has 0 spiro atoms. The van der Waals surface area contributed by atoms with Crippen molar-refractivity contribution in [1.29, 1.82) is 0 Å². The van der Waals surface area contributed by atoms with Gasteiger partial charge in [-0.3, -0.25) is 9.59 Å². The van der Waals surface area contributed by atoms with Crippen molar-refractivity contribution in [2.45, 2.75) is 46.5 Å². The number of ether oxygens (including phenoxy) is 2. The number of nitrogens with one attached hydrogen (secondary N) is 2. The second kappa shape index (κ2) is 10.6. The van der Waals surface area contributed by atoms with Crippen molar-refractivity contribution < 1.29 is 28.3 Å². The van der Waals surface area contributed by atoms with E-state index in [1.807, 2.05) is 45.0 Å². The fourth-order valence-corrected chi connectivity index (χ4v) is 4.45. The normalized spacial score (nSPS) is 12.7. The standard InChI is InChI=1S/C27H30N2O6/c1-16-10-17(2)27(18(3)11-16)29-24(30)13-28-25(31)14-34-26(32)15-33-19-8-9-23-21(12-19)20-6-4-5-7-22(20)35-23/h8-12H,4-7,13-15H2,1-3H3,(H,28,31)(H,29,30). The van der Waals surface area contributed by atoms with E-state index in [2.05, 4.69) is 10.6 Å². The zero-order valence-electron chi connectivity index (χ0n) is 20.3. The van der Waals surface area contributed by atoms with Gasteiger partial charge in [-0.1, -0.05) is 17.7 Å². The smallest absolute Gasteiger partial charge is 0.344 e. The largest absolute Gasteiger partial charge is 0.482 e. The summed E-state index contributed by atoms with van der Waals surface area (Å²) < 4.78 is 16.4. The van der Waals surface area contributed by atoms with Crippen LogP contribution in [0.25, 0.3) is 11.0 Å². The zero-order chi connectivity index (χ0) is 24.9. The molecular weight excluding hydrogens is 448 g/mol. The number of hydrogen-bond donors (Lipinski definition) is 2. The summed E-state index contributed by atoms with van der Waals surface area (Å²) in [4.78, 5) is 36.2. The number of rotatable bonds is 8. The van der Waals surface area contributed by atoms with E-state index in [4.69, 9.17) is 13.9 Å². The molecule has 0 atom stereocenters. The predicted octanol–water partition coefficient (Wildman–Crippen LogP) is 3.91. The van der Waals surface area contributed by atoms with Gasteiger partial charge < -0.3 is 24.5 Å². The van der Waals surface area contributed by atoms with Crippen LogP contribution in [0.1, 0.15) is 40.9 Å². The number of fused-ring (bicyclic) bond motifs is 3. The minimum absolute atomic E-state index is 0.228. The number of carbonyl (C=O) groups is 3. The maximum Gasteiger partial charge on any atom is 0.344 e. The van der Waals surface area contributed by atoms with Gasteiger partial charge in [0, 0.05) is 23.1 Å². The molecule has 1 aliphatic rings. The first-order valence-corrected chi connectivity index (χ1v) is 11.8. The van der Waals surface area contributed by atoms with Crippen molar-refractivity contribution in [3.05, 3.63) is 58.3 Å². The molecule has 2 N–H and O–H groups in total. The van der Waals surface area contributed by atoms with E-state index in [0.29, 0.717) is 5.75 Å².